The molecule has 2 nitrogen and oxygen atoms in total. The number of rotatable bonds is 2. The standard InChI is InChI=1S/C12H15F2NOS/c1-8(15-17(16)12(2,3)4)10-6-5-9(13)7-11(10)14/h5-7H,1-4H3. The summed E-state index contributed by atoms with van der Waals surface area (Å²) in [5.74, 6) is -1.34. The van der Waals surface area contributed by atoms with Crippen molar-refractivity contribution in [1.82, 2.24) is 0 Å². The lowest BCUT2D eigenvalue weighted by molar-refractivity contribution is 0.582. The van der Waals surface area contributed by atoms with E-state index in [0.717, 1.165) is 12.1 Å². The van der Waals surface area contributed by atoms with Crippen molar-refractivity contribution in [3.63, 3.8) is 0 Å². The van der Waals surface area contributed by atoms with E-state index < -0.39 is 27.4 Å². The largest absolute Gasteiger partial charge is 0.234 e. The summed E-state index contributed by atoms with van der Waals surface area (Å²) in [7, 11) is -1.45. The molecule has 0 radical (unpaired) electrons. The lowest BCUT2D eigenvalue weighted by Gasteiger charge is -2.14. The Morgan fingerprint density at radius 1 is 1.29 bits per heavy atom. The summed E-state index contributed by atoms with van der Waals surface area (Å²) in [6.45, 7) is 6.89. The summed E-state index contributed by atoms with van der Waals surface area (Å²) in [6, 6.07) is 3.23. The van der Waals surface area contributed by atoms with Crippen molar-refractivity contribution in [3.05, 3.63) is 35.4 Å². The summed E-state index contributed by atoms with van der Waals surface area (Å²) in [6.07, 6.45) is 0. The van der Waals surface area contributed by atoms with Gasteiger partial charge in [-0.3, -0.25) is 0 Å². The molecule has 0 aromatic heterocycles. The van der Waals surface area contributed by atoms with E-state index in [9.17, 15) is 13.0 Å². The fraction of sp³-hybridized carbons (Fsp3) is 0.417. The van der Waals surface area contributed by atoms with Crippen LogP contribution in [-0.4, -0.2) is 14.7 Å². The second-order valence-corrected chi connectivity index (χ2v) is 6.57. The minimum atomic E-state index is -1.45. The Labute approximate surface area is 102 Å². The van der Waals surface area contributed by atoms with Crippen molar-refractivity contribution in [2.45, 2.75) is 32.4 Å². The van der Waals surface area contributed by atoms with Gasteiger partial charge in [0.15, 0.2) is 0 Å². The fourth-order valence-corrected chi connectivity index (χ4v) is 1.71. The molecule has 0 N–H and O–H groups in total. The molecule has 0 saturated heterocycles. The fourth-order valence-electron chi connectivity index (χ4n) is 1.09. The van der Waals surface area contributed by atoms with Crippen LogP contribution in [0, 0.1) is 11.6 Å². The first-order chi connectivity index (χ1) is 7.71. The third-order valence-electron chi connectivity index (χ3n) is 2.06. The highest BCUT2D eigenvalue weighted by molar-refractivity contribution is 7.85. The molecule has 0 amide bonds. The summed E-state index contributed by atoms with van der Waals surface area (Å²) >= 11 is 0. The average Bonchev–Trinajstić information content (AvgIpc) is 2.15. The monoisotopic (exact) mass is 259 g/mol. The van der Waals surface area contributed by atoms with Crippen LogP contribution < -0.4 is 0 Å². The number of benzene rings is 1. The van der Waals surface area contributed by atoms with Crippen molar-refractivity contribution < 1.29 is 13.0 Å². The smallest absolute Gasteiger partial charge is 0.145 e. The molecule has 5 heteroatoms. The van der Waals surface area contributed by atoms with E-state index in [1.807, 2.05) is 0 Å². The Balaban J connectivity index is 3.09. The number of hydrogen-bond donors (Lipinski definition) is 0. The molecule has 94 valence electrons. The zero-order chi connectivity index (χ0) is 13.2. The molecule has 1 aromatic carbocycles. The zero-order valence-electron chi connectivity index (χ0n) is 10.3. The van der Waals surface area contributed by atoms with E-state index in [1.54, 1.807) is 27.7 Å². The van der Waals surface area contributed by atoms with Gasteiger partial charge >= 0.3 is 0 Å². The highest BCUT2D eigenvalue weighted by Crippen LogP contribution is 2.16. The first kappa shape index (κ1) is 14.0. The Morgan fingerprint density at radius 3 is 2.35 bits per heavy atom. The van der Waals surface area contributed by atoms with Gasteiger partial charge in [0.05, 0.1) is 10.5 Å². The third-order valence-corrected chi connectivity index (χ3v) is 3.55. The lowest BCUT2D eigenvalue weighted by Crippen LogP contribution is -2.20. The summed E-state index contributed by atoms with van der Waals surface area (Å²) in [5.41, 5.74) is 0.472. The van der Waals surface area contributed by atoms with Crippen molar-refractivity contribution in [1.29, 1.82) is 0 Å². The first-order valence-electron chi connectivity index (χ1n) is 5.14. The van der Waals surface area contributed by atoms with Gasteiger partial charge in [-0.2, -0.15) is 4.40 Å². The van der Waals surface area contributed by atoms with Crippen LogP contribution in [0.1, 0.15) is 33.3 Å². The third kappa shape index (κ3) is 3.70. The molecule has 1 rings (SSSR count). The van der Waals surface area contributed by atoms with E-state index in [4.69, 9.17) is 0 Å². The van der Waals surface area contributed by atoms with Gasteiger partial charge in [-0.15, -0.1) is 0 Å². The molecule has 1 unspecified atom stereocenters. The van der Waals surface area contributed by atoms with E-state index in [2.05, 4.69) is 4.40 Å². The number of hydrogen-bond acceptors (Lipinski definition) is 1. The average molecular weight is 259 g/mol. The van der Waals surface area contributed by atoms with Gasteiger partial charge in [0.1, 0.15) is 22.6 Å². The SMILES string of the molecule is CC(=NS(=O)C(C)(C)C)c1ccc(F)cc1F. The van der Waals surface area contributed by atoms with Gasteiger partial charge in [-0.1, -0.05) is 0 Å². The highest BCUT2D eigenvalue weighted by Gasteiger charge is 2.19. The van der Waals surface area contributed by atoms with E-state index in [-0.39, 0.29) is 5.56 Å². The van der Waals surface area contributed by atoms with E-state index in [1.165, 1.54) is 6.07 Å². The number of halogens is 2. The van der Waals surface area contributed by atoms with Crippen LogP contribution in [0.15, 0.2) is 22.6 Å². The maximum atomic E-state index is 13.4. The van der Waals surface area contributed by atoms with Crippen molar-refractivity contribution in [2.75, 3.05) is 0 Å². The highest BCUT2D eigenvalue weighted by atomic mass is 32.2. The molecule has 0 saturated carbocycles. The Morgan fingerprint density at radius 2 is 1.88 bits per heavy atom. The Kier molecular flexibility index (Phi) is 4.14. The molecule has 0 aliphatic carbocycles. The predicted molar refractivity (Wildman–Crippen MR) is 66.5 cm³/mol. The molecular formula is C12H15F2NOS. The minimum absolute atomic E-state index is 0.170. The van der Waals surface area contributed by atoms with Gasteiger partial charge in [0, 0.05) is 11.6 Å². The van der Waals surface area contributed by atoms with Crippen LogP contribution in [0.25, 0.3) is 0 Å². The van der Waals surface area contributed by atoms with Crippen molar-refractivity contribution in [2.24, 2.45) is 4.40 Å². The molecule has 0 aliphatic rings. The lowest BCUT2D eigenvalue weighted by atomic mass is 10.1. The predicted octanol–water partition coefficient (Wildman–Crippen LogP) is 3.24. The topological polar surface area (TPSA) is 29.4 Å². The Bertz CT molecular complexity index is 478. The van der Waals surface area contributed by atoms with E-state index >= 15 is 0 Å². The van der Waals surface area contributed by atoms with Crippen LogP contribution >= 0.6 is 0 Å². The maximum Gasteiger partial charge on any atom is 0.145 e. The molecule has 0 fully saturated rings. The van der Waals surface area contributed by atoms with Gasteiger partial charge in [-0.05, 0) is 39.8 Å². The molecule has 0 heterocycles. The molecule has 1 aromatic rings. The maximum absolute atomic E-state index is 13.4. The molecule has 17 heavy (non-hydrogen) atoms. The van der Waals surface area contributed by atoms with Gasteiger partial charge < -0.3 is 0 Å². The summed E-state index contributed by atoms with van der Waals surface area (Å²) < 4.78 is 41.3. The van der Waals surface area contributed by atoms with Crippen LogP contribution in [0.5, 0.6) is 0 Å². The van der Waals surface area contributed by atoms with Crippen LogP contribution in [-0.2, 0) is 11.0 Å². The first-order valence-corrected chi connectivity index (χ1v) is 6.25. The number of nitrogens with zero attached hydrogens (tertiary/aromatic N) is 1. The molecule has 1 atom stereocenters. The second-order valence-electron chi connectivity index (χ2n) is 4.66. The summed E-state index contributed by atoms with van der Waals surface area (Å²) in [5, 5.41) is 0. The van der Waals surface area contributed by atoms with Gasteiger partial charge in [0.25, 0.3) is 0 Å². The van der Waals surface area contributed by atoms with Crippen LogP contribution in [0.4, 0.5) is 8.78 Å². The normalized spacial score (nSPS) is 14.8. The van der Waals surface area contributed by atoms with Crippen molar-refractivity contribution >= 4 is 16.7 Å². The Hall–Kier alpha value is -1.10. The van der Waals surface area contributed by atoms with Gasteiger partial charge in [0.2, 0.25) is 0 Å². The van der Waals surface area contributed by atoms with Crippen molar-refractivity contribution in [3.8, 4) is 0 Å². The second kappa shape index (κ2) is 5.04. The molecule has 0 aliphatic heterocycles. The van der Waals surface area contributed by atoms with E-state index in [0.29, 0.717) is 5.71 Å². The summed E-state index contributed by atoms with van der Waals surface area (Å²) in [4.78, 5) is 0. The van der Waals surface area contributed by atoms with Gasteiger partial charge in [-0.25, -0.2) is 13.0 Å². The quantitative estimate of drug-likeness (QED) is 0.750. The van der Waals surface area contributed by atoms with Crippen LogP contribution in [0.3, 0.4) is 0 Å². The molecular weight excluding hydrogens is 244 g/mol. The minimum Gasteiger partial charge on any atom is -0.234 e. The molecule has 0 spiro atoms. The molecule has 0 bridgehead atoms. The van der Waals surface area contributed by atoms with Crippen LogP contribution in [0.2, 0.25) is 0 Å². The zero-order valence-corrected chi connectivity index (χ0v) is 11.1.